The SMILES string of the molecule is Cc1cc(CC(=O)CCCCCS(=O)(=O)C(C)(C)C)cc(C(=O)NC(C)C)c1. The maximum atomic E-state index is 12.3. The molecule has 5 nitrogen and oxygen atoms in total. The van der Waals surface area contributed by atoms with Gasteiger partial charge in [-0.1, -0.05) is 18.1 Å². The summed E-state index contributed by atoms with van der Waals surface area (Å²) in [5.74, 6) is 0.142. The molecule has 1 amide bonds. The summed E-state index contributed by atoms with van der Waals surface area (Å²) in [7, 11) is -3.10. The highest BCUT2D eigenvalue weighted by Gasteiger charge is 2.27. The third-order valence-electron chi connectivity index (χ3n) is 4.52. The number of aryl methyl sites for hydroxylation is 1. The van der Waals surface area contributed by atoms with Crippen molar-refractivity contribution in [2.75, 3.05) is 5.75 Å². The summed E-state index contributed by atoms with van der Waals surface area (Å²) in [5, 5.41) is 2.86. The number of nitrogens with one attached hydrogen (secondary N) is 1. The van der Waals surface area contributed by atoms with Crippen LogP contribution in [0.3, 0.4) is 0 Å². The van der Waals surface area contributed by atoms with Gasteiger partial charge >= 0.3 is 0 Å². The molecule has 0 radical (unpaired) electrons. The molecule has 0 heterocycles. The van der Waals surface area contributed by atoms with Crippen LogP contribution in [-0.4, -0.2) is 36.6 Å². The largest absolute Gasteiger partial charge is 0.350 e. The Balaban J connectivity index is 2.51. The van der Waals surface area contributed by atoms with Gasteiger partial charge in [-0.25, -0.2) is 8.42 Å². The van der Waals surface area contributed by atoms with Crippen molar-refractivity contribution < 1.29 is 18.0 Å². The van der Waals surface area contributed by atoms with E-state index in [1.54, 1.807) is 26.8 Å². The summed E-state index contributed by atoms with van der Waals surface area (Å²) in [4.78, 5) is 24.5. The minimum Gasteiger partial charge on any atom is -0.350 e. The Morgan fingerprint density at radius 2 is 1.68 bits per heavy atom. The predicted octanol–water partition coefficient (Wildman–Crippen LogP) is 4.02. The van der Waals surface area contributed by atoms with E-state index in [0.29, 0.717) is 31.2 Å². The fraction of sp³-hybridized carbons (Fsp3) is 0.636. The normalized spacial score (nSPS) is 12.2. The maximum Gasteiger partial charge on any atom is 0.251 e. The molecule has 0 aliphatic heterocycles. The Morgan fingerprint density at radius 3 is 2.25 bits per heavy atom. The summed E-state index contributed by atoms with van der Waals surface area (Å²) < 4.78 is 23.4. The fourth-order valence-electron chi connectivity index (χ4n) is 2.85. The molecule has 0 saturated heterocycles. The van der Waals surface area contributed by atoms with Gasteiger partial charge in [0.05, 0.1) is 10.5 Å². The van der Waals surface area contributed by atoms with Crippen LogP contribution < -0.4 is 5.32 Å². The van der Waals surface area contributed by atoms with Crippen LogP contribution in [0.5, 0.6) is 0 Å². The zero-order valence-electron chi connectivity index (χ0n) is 18.1. The molecule has 0 bridgehead atoms. The lowest BCUT2D eigenvalue weighted by Gasteiger charge is -2.18. The summed E-state index contributed by atoms with van der Waals surface area (Å²) in [6, 6.07) is 5.58. The molecule has 0 aliphatic rings. The van der Waals surface area contributed by atoms with E-state index in [0.717, 1.165) is 17.5 Å². The molecule has 6 heteroatoms. The molecule has 0 aliphatic carbocycles. The van der Waals surface area contributed by atoms with E-state index in [9.17, 15) is 18.0 Å². The van der Waals surface area contributed by atoms with Gasteiger partial charge in [-0.15, -0.1) is 0 Å². The first-order valence-corrected chi connectivity index (χ1v) is 11.6. The number of benzene rings is 1. The molecule has 0 aromatic heterocycles. The van der Waals surface area contributed by atoms with Gasteiger partial charge in [-0.05, 0) is 72.1 Å². The lowest BCUT2D eigenvalue weighted by Crippen LogP contribution is -2.30. The van der Waals surface area contributed by atoms with Crippen LogP contribution in [0.1, 0.15) is 81.8 Å². The number of unbranched alkanes of at least 4 members (excludes halogenated alkanes) is 2. The van der Waals surface area contributed by atoms with Gasteiger partial charge < -0.3 is 5.32 Å². The summed E-state index contributed by atoms with van der Waals surface area (Å²) in [5.41, 5.74) is 2.37. The quantitative estimate of drug-likeness (QED) is 0.592. The van der Waals surface area contributed by atoms with Crippen molar-refractivity contribution in [3.8, 4) is 0 Å². The second-order valence-corrected chi connectivity index (χ2v) is 11.7. The highest BCUT2D eigenvalue weighted by molar-refractivity contribution is 7.92. The molecule has 0 fully saturated rings. The number of hydrogen-bond donors (Lipinski definition) is 1. The molecule has 1 aromatic rings. The van der Waals surface area contributed by atoms with E-state index in [4.69, 9.17) is 0 Å². The second-order valence-electron chi connectivity index (χ2n) is 8.79. The number of carbonyl (C=O) groups excluding carboxylic acids is 2. The van der Waals surface area contributed by atoms with Crippen molar-refractivity contribution in [2.24, 2.45) is 0 Å². The van der Waals surface area contributed by atoms with Crippen LogP contribution in [0.25, 0.3) is 0 Å². The zero-order chi connectivity index (χ0) is 21.5. The average molecular weight is 410 g/mol. The van der Waals surface area contributed by atoms with Gasteiger partial charge in [-0.3, -0.25) is 9.59 Å². The molecule has 28 heavy (non-hydrogen) atoms. The van der Waals surface area contributed by atoms with Gasteiger partial charge in [0.1, 0.15) is 5.78 Å². The molecular weight excluding hydrogens is 374 g/mol. The highest BCUT2D eigenvalue weighted by Crippen LogP contribution is 2.18. The van der Waals surface area contributed by atoms with Crippen molar-refractivity contribution in [1.29, 1.82) is 0 Å². The van der Waals surface area contributed by atoms with Gasteiger partial charge in [0, 0.05) is 24.4 Å². The van der Waals surface area contributed by atoms with Gasteiger partial charge in [-0.2, -0.15) is 0 Å². The lowest BCUT2D eigenvalue weighted by atomic mass is 9.99. The first-order chi connectivity index (χ1) is 12.8. The smallest absolute Gasteiger partial charge is 0.251 e. The Bertz CT molecular complexity index is 789. The second kappa shape index (κ2) is 10.2. The van der Waals surface area contributed by atoms with Gasteiger partial charge in [0.15, 0.2) is 9.84 Å². The molecular formula is C22H35NO4S. The summed E-state index contributed by atoms with van der Waals surface area (Å²) in [6.45, 7) is 10.9. The van der Waals surface area contributed by atoms with Crippen molar-refractivity contribution in [2.45, 2.75) is 84.4 Å². The van der Waals surface area contributed by atoms with Crippen molar-refractivity contribution >= 4 is 21.5 Å². The van der Waals surface area contributed by atoms with E-state index in [-0.39, 0.29) is 23.5 Å². The first-order valence-electron chi connectivity index (χ1n) is 9.97. The Hall–Kier alpha value is -1.69. The number of Topliss-reactive ketones (excluding diaryl/α,β-unsaturated/α-hetero) is 1. The molecule has 1 rings (SSSR count). The maximum absolute atomic E-state index is 12.3. The van der Waals surface area contributed by atoms with Crippen LogP contribution in [-0.2, 0) is 21.1 Å². The Labute approximate surface area is 170 Å². The molecule has 0 spiro atoms. The molecule has 0 unspecified atom stereocenters. The van der Waals surface area contributed by atoms with Crippen LogP contribution in [0, 0.1) is 6.92 Å². The van der Waals surface area contributed by atoms with E-state index in [1.807, 2.05) is 32.9 Å². The Kier molecular flexibility index (Phi) is 8.86. The lowest BCUT2D eigenvalue weighted by molar-refractivity contribution is -0.118. The predicted molar refractivity (Wildman–Crippen MR) is 115 cm³/mol. The number of hydrogen-bond acceptors (Lipinski definition) is 4. The number of sulfone groups is 1. The highest BCUT2D eigenvalue weighted by atomic mass is 32.2. The molecule has 158 valence electrons. The van der Waals surface area contributed by atoms with Crippen molar-refractivity contribution in [1.82, 2.24) is 5.32 Å². The summed E-state index contributed by atoms with van der Waals surface area (Å²) >= 11 is 0. The minimum atomic E-state index is -3.10. The average Bonchev–Trinajstić information content (AvgIpc) is 2.52. The number of amides is 1. The van der Waals surface area contributed by atoms with Crippen LogP contribution >= 0.6 is 0 Å². The minimum absolute atomic E-state index is 0.0557. The summed E-state index contributed by atoms with van der Waals surface area (Å²) in [6.07, 6.45) is 2.71. The molecule has 1 N–H and O–H groups in total. The van der Waals surface area contributed by atoms with E-state index >= 15 is 0 Å². The standard InChI is InChI=1S/C22H35NO4S/c1-16(2)23-21(25)19-13-17(3)12-18(14-19)15-20(24)10-8-7-9-11-28(26,27)22(4,5)6/h12-14,16H,7-11,15H2,1-6H3,(H,23,25). The van der Waals surface area contributed by atoms with Crippen molar-refractivity contribution in [3.05, 3.63) is 34.9 Å². The zero-order valence-corrected chi connectivity index (χ0v) is 18.9. The molecule has 1 aromatic carbocycles. The topological polar surface area (TPSA) is 80.3 Å². The van der Waals surface area contributed by atoms with E-state index in [1.165, 1.54) is 0 Å². The van der Waals surface area contributed by atoms with Gasteiger partial charge in [0.2, 0.25) is 0 Å². The van der Waals surface area contributed by atoms with Crippen LogP contribution in [0.4, 0.5) is 0 Å². The van der Waals surface area contributed by atoms with Gasteiger partial charge in [0.25, 0.3) is 5.91 Å². The number of rotatable bonds is 10. The van der Waals surface area contributed by atoms with Crippen molar-refractivity contribution in [3.63, 3.8) is 0 Å². The third kappa shape index (κ3) is 8.13. The van der Waals surface area contributed by atoms with Crippen LogP contribution in [0.2, 0.25) is 0 Å². The molecule has 0 atom stereocenters. The third-order valence-corrected chi connectivity index (χ3v) is 7.21. The number of carbonyl (C=O) groups is 2. The molecule has 0 saturated carbocycles. The monoisotopic (exact) mass is 409 g/mol. The fourth-order valence-corrected chi connectivity index (χ4v) is 4.05. The Morgan fingerprint density at radius 1 is 1.04 bits per heavy atom. The van der Waals surface area contributed by atoms with Crippen LogP contribution in [0.15, 0.2) is 18.2 Å². The number of ketones is 1. The van der Waals surface area contributed by atoms with E-state index in [2.05, 4.69) is 5.32 Å². The first kappa shape index (κ1) is 24.3. The van der Waals surface area contributed by atoms with E-state index < -0.39 is 14.6 Å².